The number of benzene rings is 1. The summed E-state index contributed by atoms with van der Waals surface area (Å²) in [6.07, 6.45) is 0. The van der Waals surface area contributed by atoms with Gasteiger partial charge in [-0.15, -0.1) is 11.3 Å². The van der Waals surface area contributed by atoms with Gasteiger partial charge in [0.05, 0.1) is 10.2 Å². The first-order valence-electron chi connectivity index (χ1n) is 5.87. The van der Waals surface area contributed by atoms with Crippen LogP contribution in [0.3, 0.4) is 0 Å². The van der Waals surface area contributed by atoms with Crippen molar-refractivity contribution in [2.45, 2.75) is 26.4 Å². The SMILES string of the molecule is CC(C)(C)OC(=O)c1nc2c(B(O)O)ccc(F)c2s1. The molecule has 0 saturated carbocycles. The van der Waals surface area contributed by atoms with E-state index in [1.807, 2.05) is 0 Å². The summed E-state index contributed by atoms with van der Waals surface area (Å²) in [6, 6.07) is 2.33. The summed E-state index contributed by atoms with van der Waals surface area (Å²) >= 11 is 0.821. The van der Waals surface area contributed by atoms with Gasteiger partial charge in [0, 0.05) is 5.46 Å². The van der Waals surface area contributed by atoms with Crippen LogP contribution in [0.15, 0.2) is 12.1 Å². The van der Waals surface area contributed by atoms with Crippen LogP contribution in [0.2, 0.25) is 0 Å². The Morgan fingerprint density at radius 1 is 1.40 bits per heavy atom. The minimum atomic E-state index is -1.79. The van der Waals surface area contributed by atoms with Crippen LogP contribution >= 0.6 is 11.3 Å². The second kappa shape index (κ2) is 5.12. The lowest BCUT2D eigenvalue weighted by Gasteiger charge is -2.18. The molecule has 0 amide bonds. The normalized spacial score (nSPS) is 11.7. The minimum absolute atomic E-state index is 0.0260. The van der Waals surface area contributed by atoms with E-state index in [0.717, 1.165) is 17.4 Å². The van der Waals surface area contributed by atoms with Crippen LogP contribution in [0, 0.1) is 5.82 Å². The fraction of sp³-hybridized carbons (Fsp3) is 0.333. The molecule has 2 N–H and O–H groups in total. The summed E-state index contributed by atoms with van der Waals surface area (Å²) in [4.78, 5) is 15.9. The molecule has 0 aliphatic carbocycles. The highest BCUT2D eigenvalue weighted by Crippen LogP contribution is 2.25. The Balaban J connectivity index is 2.50. The highest BCUT2D eigenvalue weighted by atomic mass is 32.1. The van der Waals surface area contributed by atoms with Crippen LogP contribution in [0.4, 0.5) is 4.39 Å². The van der Waals surface area contributed by atoms with E-state index in [0.29, 0.717) is 0 Å². The lowest BCUT2D eigenvalue weighted by Crippen LogP contribution is -2.30. The van der Waals surface area contributed by atoms with Gasteiger partial charge in [0.1, 0.15) is 11.4 Å². The Hall–Kier alpha value is -1.51. The number of thiazole rings is 1. The summed E-state index contributed by atoms with van der Waals surface area (Å²) in [5.74, 6) is -1.24. The maximum Gasteiger partial charge on any atom is 0.490 e. The first kappa shape index (κ1) is 14.9. The highest BCUT2D eigenvalue weighted by molar-refractivity contribution is 7.20. The molecule has 2 aromatic rings. The van der Waals surface area contributed by atoms with Crippen molar-refractivity contribution in [1.29, 1.82) is 0 Å². The third kappa shape index (κ3) is 2.97. The number of hydrogen-bond donors (Lipinski definition) is 2. The molecule has 0 fully saturated rings. The summed E-state index contributed by atoms with van der Waals surface area (Å²) in [5.41, 5.74) is -0.578. The number of carbonyl (C=O) groups excluding carboxylic acids is 1. The van der Waals surface area contributed by atoms with Crippen molar-refractivity contribution in [3.63, 3.8) is 0 Å². The molecule has 0 saturated heterocycles. The molecule has 0 radical (unpaired) electrons. The molecule has 0 atom stereocenters. The number of aromatic nitrogens is 1. The zero-order valence-corrected chi connectivity index (χ0v) is 12.0. The molecule has 1 heterocycles. The summed E-state index contributed by atoms with van der Waals surface area (Å²) in [6.45, 7) is 5.13. The molecule has 5 nitrogen and oxygen atoms in total. The largest absolute Gasteiger partial charge is 0.490 e. The van der Waals surface area contributed by atoms with Crippen LogP contribution < -0.4 is 5.46 Å². The summed E-state index contributed by atoms with van der Waals surface area (Å²) < 4.78 is 18.9. The fourth-order valence-electron chi connectivity index (χ4n) is 1.61. The summed E-state index contributed by atoms with van der Waals surface area (Å²) in [5, 5.41) is 18.4. The van der Waals surface area contributed by atoms with Crippen molar-refractivity contribution in [2.75, 3.05) is 0 Å². The second-order valence-corrected chi connectivity index (χ2v) is 6.21. The Morgan fingerprint density at radius 2 is 2.05 bits per heavy atom. The number of ether oxygens (including phenoxy) is 1. The number of carbonyl (C=O) groups is 1. The van der Waals surface area contributed by atoms with E-state index in [9.17, 15) is 19.2 Å². The predicted octanol–water partition coefficient (Wildman–Crippen LogP) is 1.07. The fourth-order valence-corrected chi connectivity index (χ4v) is 2.49. The second-order valence-electron chi connectivity index (χ2n) is 5.21. The van der Waals surface area contributed by atoms with Crippen molar-refractivity contribution in [3.8, 4) is 0 Å². The minimum Gasteiger partial charge on any atom is -0.455 e. The van der Waals surface area contributed by atoms with E-state index in [1.54, 1.807) is 20.8 Å². The number of hydrogen-bond acceptors (Lipinski definition) is 6. The lowest BCUT2D eigenvalue weighted by molar-refractivity contribution is 0.00694. The molecule has 1 aromatic carbocycles. The van der Waals surface area contributed by atoms with Gasteiger partial charge in [-0.2, -0.15) is 0 Å². The van der Waals surface area contributed by atoms with E-state index in [4.69, 9.17) is 4.74 Å². The molecular formula is C12H13BFNO4S. The van der Waals surface area contributed by atoms with E-state index in [2.05, 4.69) is 4.98 Å². The van der Waals surface area contributed by atoms with Crippen LogP contribution in [0.1, 0.15) is 30.6 Å². The molecule has 0 aliphatic rings. The van der Waals surface area contributed by atoms with E-state index in [-0.39, 0.29) is 20.7 Å². The zero-order chi connectivity index (χ0) is 15.1. The number of fused-ring (bicyclic) bond motifs is 1. The average Bonchev–Trinajstić information content (AvgIpc) is 2.72. The smallest absolute Gasteiger partial charge is 0.455 e. The van der Waals surface area contributed by atoms with Gasteiger partial charge in [0.2, 0.25) is 5.01 Å². The number of halogens is 1. The van der Waals surface area contributed by atoms with Gasteiger partial charge in [-0.3, -0.25) is 0 Å². The van der Waals surface area contributed by atoms with Gasteiger partial charge in [-0.1, -0.05) is 6.07 Å². The molecule has 2 rings (SSSR count). The topological polar surface area (TPSA) is 79.7 Å². The van der Waals surface area contributed by atoms with Gasteiger partial charge in [0.15, 0.2) is 0 Å². The van der Waals surface area contributed by atoms with E-state index < -0.39 is 24.5 Å². The van der Waals surface area contributed by atoms with E-state index >= 15 is 0 Å². The monoisotopic (exact) mass is 297 g/mol. The standard InChI is InChI=1S/C12H13BFNO4S/c1-12(2,3)19-11(16)10-15-8-6(13(17)18)4-5-7(14)9(8)20-10/h4-5,17-18H,1-3H3. The van der Waals surface area contributed by atoms with Gasteiger partial charge in [-0.05, 0) is 26.8 Å². The third-order valence-electron chi connectivity index (χ3n) is 2.38. The number of nitrogens with zero attached hydrogens (tertiary/aromatic N) is 1. The first-order valence-corrected chi connectivity index (χ1v) is 6.69. The van der Waals surface area contributed by atoms with Gasteiger partial charge in [-0.25, -0.2) is 14.2 Å². The molecule has 0 bridgehead atoms. The molecular weight excluding hydrogens is 284 g/mol. The highest BCUT2D eigenvalue weighted by Gasteiger charge is 2.25. The van der Waals surface area contributed by atoms with Crippen LogP contribution in [0.25, 0.3) is 10.2 Å². The van der Waals surface area contributed by atoms with Crippen LogP contribution in [0.5, 0.6) is 0 Å². The molecule has 0 spiro atoms. The molecule has 106 valence electrons. The Labute approximate surface area is 119 Å². The first-order chi connectivity index (χ1) is 9.19. The third-order valence-corrected chi connectivity index (χ3v) is 3.42. The summed E-state index contributed by atoms with van der Waals surface area (Å²) in [7, 11) is -1.79. The average molecular weight is 297 g/mol. The number of rotatable bonds is 2. The van der Waals surface area contributed by atoms with Crippen molar-refractivity contribution in [1.82, 2.24) is 4.98 Å². The molecule has 0 aliphatic heterocycles. The van der Waals surface area contributed by atoms with Gasteiger partial charge in [0.25, 0.3) is 0 Å². The Morgan fingerprint density at radius 3 is 2.60 bits per heavy atom. The zero-order valence-electron chi connectivity index (χ0n) is 11.2. The van der Waals surface area contributed by atoms with Crippen molar-refractivity contribution >= 4 is 40.1 Å². The molecule has 20 heavy (non-hydrogen) atoms. The van der Waals surface area contributed by atoms with Gasteiger partial charge >= 0.3 is 13.1 Å². The van der Waals surface area contributed by atoms with Crippen molar-refractivity contribution < 1.29 is 24.0 Å². The maximum absolute atomic E-state index is 13.7. The molecule has 0 unspecified atom stereocenters. The molecule has 1 aromatic heterocycles. The lowest BCUT2D eigenvalue weighted by atomic mass is 9.79. The Bertz CT molecular complexity index is 665. The number of esters is 1. The molecule has 8 heteroatoms. The quantitative estimate of drug-likeness (QED) is 0.640. The van der Waals surface area contributed by atoms with Gasteiger partial charge < -0.3 is 14.8 Å². The Kier molecular flexibility index (Phi) is 3.81. The van der Waals surface area contributed by atoms with Crippen molar-refractivity contribution in [3.05, 3.63) is 23.0 Å². The van der Waals surface area contributed by atoms with Crippen LogP contribution in [-0.2, 0) is 4.74 Å². The van der Waals surface area contributed by atoms with Crippen LogP contribution in [-0.4, -0.2) is 33.7 Å². The maximum atomic E-state index is 13.7. The predicted molar refractivity (Wildman–Crippen MR) is 74.6 cm³/mol. The van der Waals surface area contributed by atoms with E-state index in [1.165, 1.54) is 6.07 Å². The van der Waals surface area contributed by atoms with Crippen molar-refractivity contribution in [2.24, 2.45) is 0 Å².